The average molecular weight is 876 g/mol. The number of hydrogen-bond acceptors (Lipinski definition) is 6. The highest BCUT2D eigenvalue weighted by molar-refractivity contribution is 5.74. The number of rotatable bonds is 37. The predicted octanol–water partition coefficient (Wildman–Crippen LogP) is 0.892. The standard InChI is InChI=1S/2C15H30N4O2.C14H30N2O2.CH4/c1-21-15(20)12(8-4-2-6-10-13(16)17)9-5-3-7-11-14(18)19;1-21-15(20)11-3-2-6-12(7-4-9-13(16)17)8-5-10-14(18)19;1-3-4-5-6-7-8-9-12-16(13-10-11-15)14(17)18-2;/h2*12H,2-11H2,1H3,(H3,16,17)(H3,18,19);3-13,15H2,1-2H3;1H4/p+5. The van der Waals surface area contributed by atoms with E-state index in [0.29, 0.717) is 35.7 Å². The Morgan fingerprint density at radius 3 is 1.33 bits per heavy atom. The predicted molar refractivity (Wildman–Crippen MR) is 249 cm³/mol. The van der Waals surface area contributed by atoms with Crippen LogP contribution in [0, 0.1) is 11.8 Å². The van der Waals surface area contributed by atoms with Crippen LogP contribution in [0.1, 0.15) is 194 Å². The van der Waals surface area contributed by atoms with Gasteiger partial charge < -0.3 is 24.8 Å². The van der Waals surface area contributed by atoms with Crippen molar-refractivity contribution in [1.82, 2.24) is 4.90 Å². The molecule has 0 heterocycles. The first-order valence-corrected chi connectivity index (χ1v) is 22.9. The molecule has 19 N–H and O–H groups in total. The van der Waals surface area contributed by atoms with E-state index in [1.165, 1.54) is 59.9 Å². The van der Waals surface area contributed by atoms with Crippen molar-refractivity contribution in [3.8, 4) is 0 Å². The third-order valence-corrected chi connectivity index (χ3v) is 10.3. The van der Waals surface area contributed by atoms with Crippen LogP contribution in [0.15, 0.2) is 0 Å². The molecular weight excluding hydrogens is 777 g/mol. The van der Waals surface area contributed by atoms with Crippen LogP contribution in [0.4, 0.5) is 4.79 Å². The van der Waals surface area contributed by atoms with Gasteiger partial charge >= 0.3 is 18.0 Å². The molecule has 61 heavy (non-hydrogen) atoms. The number of nitrogens with zero attached hydrogens (tertiary/aromatic N) is 1. The fraction of sp³-hybridized carbons (Fsp3) is 0.844. The molecule has 0 rings (SSSR count). The highest BCUT2D eigenvalue weighted by atomic mass is 16.5. The Hall–Kier alpha value is -3.95. The lowest BCUT2D eigenvalue weighted by Crippen LogP contribution is -2.51. The fourth-order valence-corrected chi connectivity index (χ4v) is 6.75. The van der Waals surface area contributed by atoms with E-state index in [1.807, 2.05) is 0 Å². The number of carbonyl (C=O) groups is 3. The van der Waals surface area contributed by atoms with Gasteiger partial charge in [-0.3, -0.25) is 54.2 Å². The zero-order chi connectivity index (χ0) is 45.8. The van der Waals surface area contributed by atoms with Crippen LogP contribution in [0.2, 0.25) is 0 Å². The summed E-state index contributed by atoms with van der Waals surface area (Å²) in [4.78, 5) is 36.1. The van der Waals surface area contributed by atoms with Crippen molar-refractivity contribution < 1.29 is 56.0 Å². The van der Waals surface area contributed by atoms with E-state index in [0.717, 1.165) is 154 Å². The molecule has 16 nitrogen and oxygen atoms in total. The zero-order valence-electron chi connectivity index (χ0n) is 38.8. The number of nitrogens with two attached hydrogens (primary N) is 8. The Kier molecular flexibility index (Phi) is 49.2. The van der Waals surface area contributed by atoms with Gasteiger partial charge in [-0.15, -0.1) is 0 Å². The quantitative estimate of drug-likeness (QED) is 0.0140. The van der Waals surface area contributed by atoms with Crippen molar-refractivity contribution in [2.24, 2.45) is 34.8 Å². The maximum absolute atomic E-state index is 11.7. The molecule has 0 bridgehead atoms. The summed E-state index contributed by atoms with van der Waals surface area (Å²) in [5, 5.41) is 21.8. The van der Waals surface area contributed by atoms with Crippen LogP contribution in [0.3, 0.4) is 0 Å². The molecule has 0 aromatic carbocycles. The van der Waals surface area contributed by atoms with E-state index in [-0.39, 0.29) is 31.4 Å². The second-order valence-corrected chi connectivity index (χ2v) is 16.0. The summed E-state index contributed by atoms with van der Waals surface area (Å²) >= 11 is 0. The molecule has 0 aromatic rings. The summed E-state index contributed by atoms with van der Waals surface area (Å²) in [5.74, 6) is 2.33. The molecule has 0 spiro atoms. The molecule has 0 saturated carbocycles. The van der Waals surface area contributed by atoms with Gasteiger partial charge in [0.2, 0.25) is 23.3 Å². The molecule has 0 fully saturated rings. The molecule has 0 aliphatic heterocycles. The van der Waals surface area contributed by atoms with E-state index >= 15 is 0 Å². The van der Waals surface area contributed by atoms with Gasteiger partial charge in [0.05, 0.1) is 33.8 Å². The number of methoxy groups -OCH3 is 3. The molecule has 0 unspecified atom stereocenters. The normalized spacial score (nSPS) is 10.3. The minimum Gasteiger partial charge on any atom is -0.469 e. The van der Waals surface area contributed by atoms with Crippen LogP contribution in [-0.2, 0) is 23.8 Å². The molecule has 0 atom stereocenters. The topological polar surface area (TPSA) is 316 Å². The minimum atomic E-state index is -0.200. The largest absolute Gasteiger partial charge is 0.469 e. The Morgan fingerprint density at radius 2 is 0.902 bits per heavy atom. The molecule has 0 radical (unpaired) electrons. The van der Waals surface area contributed by atoms with Gasteiger partial charge in [0.15, 0.2) is 0 Å². The Balaban J connectivity index is -0.000000398. The van der Waals surface area contributed by atoms with Crippen LogP contribution in [0.25, 0.3) is 0 Å². The first-order valence-electron chi connectivity index (χ1n) is 22.9. The molecule has 16 heteroatoms. The average Bonchev–Trinajstić information content (AvgIpc) is 3.21. The second kappa shape index (κ2) is 47.1. The lowest BCUT2D eigenvalue weighted by Gasteiger charge is -2.20. The molecule has 360 valence electrons. The van der Waals surface area contributed by atoms with Gasteiger partial charge in [0, 0.05) is 51.6 Å². The van der Waals surface area contributed by atoms with Crippen molar-refractivity contribution in [1.29, 1.82) is 0 Å². The summed E-state index contributed by atoms with van der Waals surface area (Å²) in [6.07, 6.45) is 28.1. The van der Waals surface area contributed by atoms with Gasteiger partial charge in [-0.2, -0.15) is 0 Å². The fourth-order valence-electron chi connectivity index (χ4n) is 6.75. The van der Waals surface area contributed by atoms with Gasteiger partial charge in [0.1, 0.15) is 0 Å². The summed E-state index contributed by atoms with van der Waals surface area (Å²) in [7, 11) is 4.32. The molecule has 0 aliphatic carbocycles. The molecule has 0 aromatic heterocycles. The first kappa shape index (κ1) is 63.7. The van der Waals surface area contributed by atoms with Gasteiger partial charge in [-0.05, 0) is 70.1 Å². The van der Waals surface area contributed by atoms with E-state index < -0.39 is 0 Å². The lowest BCUT2D eigenvalue weighted by atomic mass is 9.90. The summed E-state index contributed by atoms with van der Waals surface area (Å²) in [6, 6.07) is 0. The number of amides is 1. The maximum atomic E-state index is 11.7. The summed E-state index contributed by atoms with van der Waals surface area (Å²) in [6.45, 7) is 4.69. The highest BCUT2D eigenvalue weighted by Crippen LogP contribution is 2.23. The Labute approximate surface area is 371 Å². The van der Waals surface area contributed by atoms with Crippen LogP contribution < -0.4 is 50.3 Å². The third-order valence-electron chi connectivity index (χ3n) is 10.3. The van der Waals surface area contributed by atoms with Crippen LogP contribution >= 0.6 is 0 Å². The maximum Gasteiger partial charge on any atom is 0.409 e. The van der Waals surface area contributed by atoms with Gasteiger partial charge in [-0.25, -0.2) is 4.79 Å². The SMILES string of the molecule is C.CCCCCCCCCN(CCC[NH3+])C(=O)OC.COC(=O)C(CCCCCC(N)=[NH2+])CCCCCC(N)=[NH2+].COC(=O)CCCCC(CCCC(N)=[NH2+])CCCC(N)=[NH2+]. The molecular formula is C45H99N10O6+5. The second-order valence-electron chi connectivity index (χ2n) is 16.0. The van der Waals surface area contributed by atoms with Crippen molar-refractivity contribution in [3.63, 3.8) is 0 Å². The van der Waals surface area contributed by atoms with Crippen LogP contribution in [0.5, 0.6) is 0 Å². The smallest absolute Gasteiger partial charge is 0.409 e. The molecule has 0 saturated heterocycles. The third kappa shape index (κ3) is 48.6. The first-order chi connectivity index (χ1) is 28.7. The number of esters is 2. The molecule has 1 amide bonds. The van der Waals surface area contributed by atoms with E-state index in [4.69, 9.17) is 54.0 Å². The van der Waals surface area contributed by atoms with Crippen molar-refractivity contribution >= 4 is 41.4 Å². The van der Waals surface area contributed by atoms with E-state index in [9.17, 15) is 14.4 Å². The van der Waals surface area contributed by atoms with Gasteiger partial charge in [0.25, 0.3) is 0 Å². The number of amidine groups is 4. The molecule has 0 aliphatic rings. The number of hydrogen-bond donors (Lipinski definition) is 9. The number of unbranched alkanes of at least 4 members (excludes halogenated alkanes) is 11. The highest BCUT2D eigenvalue weighted by Gasteiger charge is 2.18. The minimum absolute atomic E-state index is 0. The zero-order valence-corrected chi connectivity index (χ0v) is 38.8. The Bertz CT molecular complexity index is 1080. The Morgan fingerprint density at radius 1 is 0.508 bits per heavy atom. The van der Waals surface area contributed by atoms with E-state index in [2.05, 4.69) is 17.4 Å². The van der Waals surface area contributed by atoms with Gasteiger partial charge in [-0.1, -0.05) is 91.4 Å². The lowest BCUT2D eigenvalue weighted by molar-refractivity contribution is -0.368. The van der Waals surface area contributed by atoms with Crippen LogP contribution in [-0.4, -0.2) is 87.2 Å². The van der Waals surface area contributed by atoms with Crippen molar-refractivity contribution in [3.05, 3.63) is 0 Å². The monoisotopic (exact) mass is 876 g/mol. The number of carbonyl (C=O) groups excluding carboxylic acids is 3. The van der Waals surface area contributed by atoms with Crippen molar-refractivity contribution in [2.75, 3.05) is 41.0 Å². The summed E-state index contributed by atoms with van der Waals surface area (Å²) in [5.41, 5.74) is 25.6. The number of ether oxygens (including phenoxy) is 3. The van der Waals surface area contributed by atoms with E-state index in [1.54, 1.807) is 4.90 Å². The summed E-state index contributed by atoms with van der Waals surface area (Å²) < 4.78 is 14.3. The van der Waals surface area contributed by atoms with Crippen molar-refractivity contribution in [2.45, 2.75) is 194 Å². The number of quaternary nitrogens is 1.